The quantitative estimate of drug-likeness (QED) is 0.560. The van der Waals surface area contributed by atoms with Gasteiger partial charge >= 0.3 is 0 Å². The summed E-state index contributed by atoms with van der Waals surface area (Å²) >= 11 is 0. The van der Waals surface area contributed by atoms with Crippen LogP contribution in [-0.4, -0.2) is 0 Å². The van der Waals surface area contributed by atoms with Gasteiger partial charge in [0.1, 0.15) is 0 Å². The number of rotatable bonds is 0. The van der Waals surface area contributed by atoms with Gasteiger partial charge in [-0.05, 0) is 28.0 Å². The Morgan fingerprint density at radius 3 is 2.46 bits per heavy atom. The summed E-state index contributed by atoms with van der Waals surface area (Å²) in [5.74, 6) is 0.560. The van der Waals surface area contributed by atoms with Crippen LogP contribution in [0.3, 0.4) is 0 Å². The van der Waals surface area contributed by atoms with E-state index in [-0.39, 0.29) is 5.41 Å². The van der Waals surface area contributed by atoms with Crippen molar-refractivity contribution in [3.05, 3.63) is 42.0 Å². The van der Waals surface area contributed by atoms with Crippen molar-refractivity contribution in [3.8, 4) is 0 Å². The van der Waals surface area contributed by atoms with E-state index in [1.54, 1.807) is 0 Å². The Bertz CT molecular complexity index is 358. The largest absolute Gasteiger partial charge is 0.0949 e. The van der Waals surface area contributed by atoms with Gasteiger partial charge in [0, 0.05) is 0 Å². The van der Waals surface area contributed by atoms with E-state index in [0.717, 1.165) is 0 Å². The highest BCUT2D eigenvalue weighted by atomic mass is 14.4. The van der Waals surface area contributed by atoms with Crippen molar-refractivity contribution < 1.29 is 0 Å². The van der Waals surface area contributed by atoms with Crippen LogP contribution in [-0.2, 0) is 5.41 Å². The summed E-state index contributed by atoms with van der Waals surface area (Å²) in [5.41, 5.74) is 4.36. The van der Waals surface area contributed by atoms with Crippen molar-refractivity contribution in [1.29, 1.82) is 0 Å². The van der Waals surface area contributed by atoms with Gasteiger partial charge in [-0.25, -0.2) is 0 Å². The molecular weight excluding hydrogens is 156 g/mol. The predicted octanol–water partition coefficient (Wildman–Crippen LogP) is 3.63. The molecule has 0 bridgehead atoms. The van der Waals surface area contributed by atoms with Crippen LogP contribution in [0.4, 0.5) is 0 Å². The Hall–Kier alpha value is -1.04. The van der Waals surface area contributed by atoms with Gasteiger partial charge in [-0.2, -0.15) is 0 Å². The van der Waals surface area contributed by atoms with Crippen molar-refractivity contribution >= 4 is 5.57 Å². The van der Waals surface area contributed by atoms with Gasteiger partial charge in [-0.3, -0.25) is 0 Å². The van der Waals surface area contributed by atoms with Crippen LogP contribution in [0, 0.1) is 5.92 Å². The van der Waals surface area contributed by atoms with Gasteiger partial charge < -0.3 is 0 Å². The molecule has 68 valence electrons. The van der Waals surface area contributed by atoms with Gasteiger partial charge in [0.25, 0.3) is 0 Å². The van der Waals surface area contributed by atoms with Crippen molar-refractivity contribution in [2.45, 2.75) is 26.2 Å². The maximum Gasteiger partial charge on any atom is -0.00316 e. The highest BCUT2D eigenvalue weighted by molar-refractivity contribution is 5.75. The van der Waals surface area contributed by atoms with E-state index in [0.29, 0.717) is 5.92 Å². The second-order valence-electron chi connectivity index (χ2n) is 4.51. The van der Waals surface area contributed by atoms with Gasteiger partial charge in [0.15, 0.2) is 0 Å². The molecule has 1 unspecified atom stereocenters. The van der Waals surface area contributed by atoms with E-state index in [9.17, 15) is 0 Å². The van der Waals surface area contributed by atoms with Crippen LogP contribution in [0.5, 0.6) is 0 Å². The lowest BCUT2D eigenvalue weighted by Gasteiger charge is -2.25. The Kier molecular flexibility index (Phi) is 1.63. The summed E-state index contributed by atoms with van der Waals surface area (Å²) in [7, 11) is 0. The predicted molar refractivity (Wildman–Crippen MR) is 57.7 cm³/mol. The average molecular weight is 172 g/mol. The number of fused-ring (bicyclic) bond motifs is 1. The van der Waals surface area contributed by atoms with E-state index in [1.165, 1.54) is 16.7 Å². The van der Waals surface area contributed by atoms with E-state index >= 15 is 0 Å². The zero-order valence-electron chi connectivity index (χ0n) is 8.59. The van der Waals surface area contributed by atoms with Crippen molar-refractivity contribution in [2.75, 3.05) is 0 Å². The monoisotopic (exact) mass is 172 g/mol. The summed E-state index contributed by atoms with van der Waals surface area (Å²) in [5, 5.41) is 0. The van der Waals surface area contributed by atoms with Crippen LogP contribution in [0.15, 0.2) is 30.8 Å². The number of benzene rings is 1. The smallest absolute Gasteiger partial charge is 0.00316 e. The fraction of sp³-hybridized carbons (Fsp3) is 0.385. The maximum atomic E-state index is 4.17. The summed E-state index contributed by atoms with van der Waals surface area (Å²) in [6, 6.07) is 8.62. The van der Waals surface area contributed by atoms with Crippen molar-refractivity contribution in [3.63, 3.8) is 0 Å². The van der Waals surface area contributed by atoms with E-state index in [2.05, 4.69) is 51.6 Å². The number of hydrogen-bond donors (Lipinski definition) is 0. The topological polar surface area (TPSA) is 0 Å². The second-order valence-corrected chi connectivity index (χ2v) is 4.51. The molecule has 1 aliphatic carbocycles. The van der Waals surface area contributed by atoms with Gasteiger partial charge in [0.2, 0.25) is 0 Å². The molecule has 0 spiro atoms. The summed E-state index contributed by atoms with van der Waals surface area (Å²) < 4.78 is 0. The average Bonchev–Trinajstić information content (AvgIpc) is 2.30. The van der Waals surface area contributed by atoms with Crippen LogP contribution >= 0.6 is 0 Å². The van der Waals surface area contributed by atoms with Crippen LogP contribution < -0.4 is 0 Å². The van der Waals surface area contributed by atoms with Crippen LogP contribution in [0.25, 0.3) is 5.57 Å². The Labute approximate surface area is 80.3 Å². The lowest BCUT2D eigenvalue weighted by atomic mass is 9.79. The normalized spacial score (nSPS) is 24.5. The molecule has 0 aromatic heterocycles. The SMILES string of the molecule is C=C1c2ccccc2C(C)(C)C1C. The Morgan fingerprint density at radius 1 is 1.23 bits per heavy atom. The van der Waals surface area contributed by atoms with Crippen LogP contribution in [0.2, 0.25) is 0 Å². The molecule has 0 nitrogen and oxygen atoms in total. The molecule has 0 aliphatic heterocycles. The molecule has 1 aromatic rings. The lowest BCUT2D eigenvalue weighted by Crippen LogP contribution is -2.20. The molecular formula is C13H16. The highest BCUT2D eigenvalue weighted by Crippen LogP contribution is 2.48. The fourth-order valence-electron chi connectivity index (χ4n) is 2.23. The molecule has 0 saturated heterocycles. The van der Waals surface area contributed by atoms with Gasteiger partial charge in [-0.15, -0.1) is 0 Å². The third-order valence-corrected chi connectivity index (χ3v) is 3.57. The molecule has 2 rings (SSSR count). The first-order valence-corrected chi connectivity index (χ1v) is 4.84. The van der Waals surface area contributed by atoms with Gasteiger partial charge in [0.05, 0.1) is 0 Å². The van der Waals surface area contributed by atoms with E-state index in [1.807, 2.05) is 0 Å². The molecule has 0 fully saturated rings. The molecule has 0 amide bonds. The minimum Gasteiger partial charge on any atom is -0.0949 e. The number of allylic oxidation sites excluding steroid dienone is 1. The summed E-state index contributed by atoms with van der Waals surface area (Å²) in [6.45, 7) is 11.0. The molecule has 1 aromatic carbocycles. The molecule has 0 radical (unpaired) electrons. The molecule has 0 heteroatoms. The Balaban J connectivity index is 2.68. The molecule has 0 heterocycles. The lowest BCUT2D eigenvalue weighted by molar-refractivity contribution is 0.442. The summed E-state index contributed by atoms with van der Waals surface area (Å²) in [6.07, 6.45) is 0. The first-order valence-electron chi connectivity index (χ1n) is 4.84. The molecule has 1 aliphatic rings. The molecule has 13 heavy (non-hydrogen) atoms. The van der Waals surface area contributed by atoms with Gasteiger partial charge in [-0.1, -0.05) is 51.6 Å². The Morgan fingerprint density at radius 2 is 1.85 bits per heavy atom. The minimum atomic E-state index is 0.258. The zero-order valence-corrected chi connectivity index (χ0v) is 8.59. The minimum absolute atomic E-state index is 0.258. The van der Waals surface area contributed by atoms with E-state index in [4.69, 9.17) is 0 Å². The third kappa shape index (κ3) is 0.980. The third-order valence-electron chi connectivity index (χ3n) is 3.57. The zero-order chi connectivity index (χ0) is 9.64. The maximum absolute atomic E-state index is 4.17. The second kappa shape index (κ2) is 2.47. The van der Waals surface area contributed by atoms with E-state index < -0.39 is 0 Å². The fourth-order valence-corrected chi connectivity index (χ4v) is 2.23. The standard InChI is InChI=1S/C13H16/c1-9-10(2)13(3,4)12-8-6-5-7-11(9)12/h5-8,10H,1H2,2-4H3. The summed E-state index contributed by atoms with van der Waals surface area (Å²) in [4.78, 5) is 0. The molecule has 0 saturated carbocycles. The van der Waals surface area contributed by atoms with Crippen LogP contribution in [0.1, 0.15) is 31.9 Å². The number of hydrogen-bond acceptors (Lipinski definition) is 0. The molecule has 0 N–H and O–H groups in total. The first-order chi connectivity index (χ1) is 6.05. The molecule has 1 atom stereocenters. The first kappa shape index (κ1) is 8.55. The highest BCUT2D eigenvalue weighted by Gasteiger charge is 2.38. The van der Waals surface area contributed by atoms with Crippen molar-refractivity contribution in [2.24, 2.45) is 5.92 Å². The van der Waals surface area contributed by atoms with Crippen molar-refractivity contribution in [1.82, 2.24) is 0 Å².